The Morgan fingerprint density at radius 2 is 1.85 bits per heavy atom. The van der Waals surface area contributed by atoms with E-state index in [0.29, 0.717) is 5.56 Å². The number of benzene rings is 1. The molecule has 2 heterocycles. The Morgan fingerprint density at radius 3 is 2.48 bits per heavy atom. The number of thioether (sulfide) groups is 1. The lowest BCUT2D eigenvalue weighted by molar-refractivity contribution is -0.304. The number of aromatic nitrogens is 2. The van der Waals surface area contributed by atoms with E-state index in [0.717, 1.165) is 17.5 Å². The highest BCUT2D eigenvalue weighted by molar-refractivity contribution is 8.00. The van der Waals surface area contributed by atoms with Crippen molar-refractivity contribution >= 4 is 17.7 Å². The molecule has 3 rings (SSSR count). The monoisotopic (exact) mass is 379 g/mol. The Hall–Kier alpha value is -2.32. The molecule has 1 aliphatic heterocycles. The van der Waals surface area contributed by atoms with Crippen LogP contribution >= 0.6 is 11.8 Å². The van der Waals surface area contributed by atoms with Crippen molar-refractivity contribution in [3.63, 3.8) is 0 Å². The zero-order valence-electron chi connectivity index (χ0n) is 16.3. The maximum Gasteiger partial charge on any atom is 0.133 e. The third kappa shape index (κ3) is 4.51. The number of hydrogen-bond acceptors (Lipinski definition) is 5. The molecule has 0 aliphatic carbocycles. The molecule has 1 aliphatic rings. The van der Waals surface area contributed by atoms with Crippen molar-refractivity contribution in [2.45, 2.75) is 62.5 Å². The maximum atomic E-state index is 10.6. The van der Waals surface area contributed by atoms with Gasteiger partial charge in [-0.3, -0.25) is 0 Å². The van der Waals surface area contributed by atoms with E-state index in [4.69, 9.17) is 0 Å². The number of carboxylic acids is 1. The van der Waals surface area contributed by atoms with Gasteiger partial charge in [-0.1, -0.05) is 39.5 Å². The molecular formula is C22H23N2O2S-. The molecule has 0 atom stereocenters. The highest BCUT2D eigenvalue weighted by atomic mass is 32.2. The number of nitrogens with zero attached hydrogens (tertiary/aromatic N) is 2. The Morgan fingerprint density at radius 1 is 1.19 bits per heavy atom. The van der Waals surface area contributed by atoms with Crippen LogP contribution in [0.5, 0.6) is 0 Å². The van der Waals surface area contributed by atoms with Crippen LogP contribution in [0.25, 0.3) is 0 Å². The largest absolute Gasteiger partial charge is 0.550 e. The molecule has 1 aromatic heterocycles. The number of rotatable bonds is 2. The second-order valence-corrected chi connectivity index (χ2v) is 10.0. The average Bonchev–Trinajstić information content (AvgIpc) is 2.52. The van der Waals surface area contributed by atoms with Crippen LogP contribution in [0.2, 0.25) is 0 Å². The number of carboxylic acid groups (broad SMARTS) is 1. The smallest absolute Gasteiger partial charge is 0.133 e. The van der Waals surface area contributed by atoms with Gasteiger partial charge in [-0.25, -0.2) is 9.97 Å². The van der Waals surface area contributed by atoms with Gasteiger partial charge in [0, 0.05) is 40.0 Å². The SMILES string of the molecule is Cc1cc2c(cc1C#Cc1cnc(CC(=O)[O-])nc1)C(C)(C)CC(C)(C)S2. The first kappa shape index (κ1) is 19.4. The number of fused-ring (bicyclic) bond motifs is 1. The van der Waals surface area contributed by atoms with Gasteiger partial charge >= 0.3 is 0 Å². The minimum atomic E-state index is -1.19. The molecule has 2 aromatic rings. The second-order valence-electron chi connectivity index (χ2n) is 8.27. The van der Waals surface area contributed by atoms with Gasteiger partial charge in [-0.2, -0.15) is 0 Å². The highest BCUT2D eigenvalue weighted by Crippen LogP contribution is 2.51. The number of aryl methyl sites for hydroxylation is 1. The summed E-state index contributed by atoms with van der Waals surface area (Å²) in [5.41, 5.74) is 4.26. The standard InChI is InChI=1S/C22H24N2O2S/c1-14-8-18-17(21(2,3)13-22(4,5)27-18)9-16(14)7-6-15-11-23-19(24-12-15)10-20(25)26/h8-9,11-12H,10,13H2,1-5H3,(H,25,26)/p-1. The van der Waals surface area contributed by atoms with E-state index < -0.39 is 5.97 Å². The van der Waals surface area contributed by atoms with Gasteiger partial charge in [0.05, 0.1) is 5.56 Å². The summed E-state index contributed by atoms with van der Waals surface area (Å²) in [5.74, 6) is 5.35. The molecule has 1 aromatic carbocycles. The summed E-state index contributed by atoms with van der Waals surface area (Å²) in [5, 5.41) is 10.6. The fraction of sp³-hybridized carbons (Fsp3) is 0.409. The van der Waals surface area contributed by atoms with Gasteiger partial charge < -0.3 is 9.90 Å². The summed E-state index contributed by atoms with van der Waals surface area (Å²) in [6.45, 7) is 11.3. The fourth-order valence-electron chi connectivity index (χ4n) is 3.70. The number of aliphatic carboxylic acids is 1. The van der Waals surface area contributed by atoms with Crippen LogP contribution in [0.4, 0.5) is 0 Å². The Balaban J connectivity index is 1.92. The predicted molar refractivity (Wildman–Crippen MR) is 105 cm³/mol. The van der Waals surface area contributed by atoms with Crippen LogP contribution in [0, 0.1) is 18.8 Å². The maximum absolute atomic E-state index is 10.6. The molecule has 0 spiro atoms. The van der Waals surface area contributed by atoms with E-state index in [2.05, 4.69) is 68.6 Å². The highest BCUT2D eigenvalue weighted by Gasteiger charge is 2.38. The van der Waals surface area contributed by atoms with Crippen LogP contribution in [-0.2, 0) is 16.6 Å². The molecule has 0 fully saturated rings. The first-order valence-corrected chi connectivity index (χ1v) is 9.74. The van der Waals surface area contributed by atoms with Crippen molar-refractivity contribution in [1.82, 2.24) is 9.97 Å². The van der Waals surface area contributed by atoms with Crippen molar-refractivity contribution in [3.8, 4) is 11.8 Å². The molecule has 4 nitrogen and oxygen atoms in total. The third-order valence-corrected chi connectivity index (χ3v) is 5.91. The van der Waals surface area contributed by atoms with Crippen molar-refractivity contribution in [2.24, 2.45) is 0 Å². The normalized spacial score (nSPS) is 16.8. The molecule has 0 saturated heterocycles. The molecular weight excluding hydrogens is 356 g/mol. The lowest BCUT2D eigenvalue weighted by atomic mass is 9.76. The van der Waals surface area contributed by atoms with Crippen LogP contribution < -0.4 is 5.11 Å². The van der Waals surface area contributed by atoms with E-state index >= 15 is 0 Å². The molecule has 0 unspecified atom stereocenters. The third-order valence-electron chi connectivity index (χ3n) is 4.66. The van der Waals surface area contributed by atoms with E-state index in [1.54, 1.807) is 12.4 Å². The van der Waals surface area contributed by atoms with Gasteiger partial charge in [0.25, 0.3) is 0 Å². The zero-order chi connectivity index (χ0) is 19.8. The summed E-state index contributed by atoms with van der Waals surface area (Å²) < 4.78 is 0.223. The van der Waals surface area contributed by atoms with Gasteiger partial charge in [0.2, 0.25) is 0 Å². The Kier molecular flexibility index (Phi) is 5.05. The first-order chi connectivity index (χ1) is 12.6. The van der Waals surface area contributed by atoms with Crippen LogP contribution in [0.15, 0.2) is 29.4 Å². The lowest BCUT2D eigenvalue weighted by Crippen LogP contribution is -2.33. The Bertz CT molecular complexity index is 951. The summed E-state index contributed by atoms with van der Waals surface area (Å²) in [7, 11) is 0. The fourth-order valence-corrected chi connectivity index (χ4v) is 5.41. The lowest BCUT2D eigenvalue weighted by Gasteiger charge is -2.42. The van der Waals surface area contributed by atoms with Gasteiger partial charge in [0.1, 0.15) is 5.82 Å². The summed E-state index contributed by atoms with van der Waals surface area (Å²) in [4.78, 5) is 20.0. The van der Waals surface area contributed by atoms with Crippen molar-refractivity contribution in [1.29, 1.82) is 0 Å². The molecule has 0 amide bonds. The van der Waals surface area contributed by atoms with E-state index in [9.17, 15) is 9.90 Å². The van der Waals surface area contributed by atoms with Crippen LogP contribution in [0.1, 0.15) is 62.2 Å². The summed E-state index contributed by atoms with van der Waals surface area (Å²) >= 11 is 1.94. The van der Waals surface area contributed by atoms with Gasteiger partial charge in [0.15, 0.2) is 0 Å². The quantitative estimate of drug-likeness (QED) is 0.751. The second kappa shape index (κ2) is 7.01. The average molecular weight is 380 g/mol. The van der Waals surface area contributed by atoms with Crippen molar-refractivity contribution in [2.75, 3.05) is 0 Å². The number of hydrogen-bond donors (Lipinski definition) is 0. The molecule has 0 radical (unpaired) electrons. The van der Waals surface area contributed by atoms with E-state index in [1.165, 1.54) is 10.5 Å². The first-order valence-electron chi connectivity index (χ1n) is 8.93. The summed E-state index contributed by atoms with van der Waals surface area (Å²) in [6, 6.07) is 4.46. The predicted octanol–water partition coefficient (Wildman–Crippen LogP) is 3.03. The molecule has 0 saturated carbocycles. The number of carbonyl (C=O) groups is 1. The zero-order valence-corrected chi connectivity index (χ0v) is 17.2. The molecule has 0 bridgehead atoms. The topological polar surface area (TPSA) is 65.9 Å². The minimum Gasteiger partial charge on any atom is -0.550 e. The van der Waals surface area contributed by atoms with Crippen LogP contribution in [-0.4, -0.2) is 20.7 Å². The van der Waals surface area contributed by atoms with E-state index in [-0.39, 0.29) is 22.4 Å². The van der Waals surface area contributed by atoms with Gasteiger partial charge in [-0.15, -0.1) is 11.8 Å². The Labute approximate surface area is 164 Å². The summed E-state index contributed by atoms with van der Waals surface area (Å²) in [6.07, 6.45) is 3.92. The molecule has 5 heteroatoms. The molecule has 27 heavy (non-hydrogen) atoms. The molecule has 140 valence electrons. The minimum absolute atomic E-state index is 0.101. The van der Waals surface area contributed by atoms with Crippen LogP contribution in [0.3, 0.4) is 0 Å². The van der Waals surface area contributed by atoms with Gasteiger partial charge in [-0.05, 0) is 42.0 Å². The molecule has 0 N–H and O–H groups in total. The van der Waals surface area contributed by atoms with Crippen molar-refractivity contribution < 1.29 is 9.90 Å². The number of carbonyl (C=O) groups excluding carboxylic acids is 1. The van der Waals surface area contributed by atoms with Crippen molar-refractivity contribution in [3.05, 3.63) is 52.6 Å². The van der Waals surface area contributed by atoms with E-state index in [1.807, 2.05) is 11.8 Å².